The third-order valence-electron chi connectivity index (χ3n) is 3.96. The molecule has 1 aliphatic rings. The lowest BCUT2D eigenvalue weighted by molar-refractivity contribution is -0.147. The average Bonchev–Trinajstić information content (AvgIpc) is 2.95. The molecule has 0 fully saturated rings. The van der Waals surface area contributed by atoms with Gasteiger partial charge in [-0.3, -0.25) is 24.1 Å². The normalized spacial score (nSPS) is 12.8. The van der Waals surface area contributed by atoms with E-state index in [4.69, 9.17) is 62.7 Å². The van der Waals surface area contributed by atoms with Crippen LogP contribution >= 0.6 is 58.0 Å². The molecule has 0 bridgehead atoms. The second-order valence-corrected chi connectivity index (χ2v) is 7.87. The highest BCUT2D eigenvalue weighted by Crippen LogP contribution is 2.44. The quantitative estimate of drug-likeness (QED) is 0.272. The van der Waals surface area contributed by atoms with Gasteiger partial charge >= 0.3 is 5.97 Å². The van der Waals surface area contributed by atoms with E-state index in [0.717, 1.165) is 0 Å². The van der Waals surface area contributed by atoms with Crippen LogP contribution in [0.2, 0.25) is 25.1 Å². The predicted octanol–water partition coefficient (Wildman–Crippen LogP) is 4.73. The van der Waals surface area contributed by atoms with Gasteiger partial charge in [0.05, 0.1) is 31.2 Å². The van der Waals surface area contributed by atoms with Crippen LogP contribution in [0.15, 0.2) is 24.3 Å². The molecule has 3 amide bonds. The molecule has 0 aliphatic carbocycles. The first-order chi connectivity index (χ1) is 14.1. The first-order valence-electron chi connectivity index (χ1n) is 8.05. The Bertz CT molecular complexity index is 1040. The third kappa shape index (κ3) is 4.36. The highest BCUT2D eigenvalue weighted by molar-refractivity contribution is 6.55. The summed E-state index contributed by atoms with van der Waals surface area (Å²) in [4.78, 5) is 49.6. The van der Waals surface area contributed by atoms with Crippen molar-refractivity contribution in [2.24, 2.45) is 0 Å². The Morgan fingerprint density at radius 1 is 0.833 bits per heavy atom. The van der Waals surface area contributed by atoms with Crippen LogP contribution in [0, 0.1) is 0 Å². The monoisotopic (exact) mass is 508 g/mol. The maximum absolute atomic E-state index is 12.5. The molecule has 3 rings (SSSR count). The van der Waals surface area contributed by atoms with Crippen LogP contribution in [0.1, 0.15) is 20.7 Å². The first-order valence-corrected chi connectivity index (χ1v) is 9.94. The van der Waals surface area contributed by atoms with Crippen LogP contribution in [0.25, 0.3) is 0 Å². The summed E-state index contributed by atoms with van der Waals surface area (Å²) in [5, 5.41) is 2.10. The maximum Gasteiger partial charge on any atom is 0.326 e. The van der Waals surface area contributed by atoms with Gasteiger partial charge in [0.15, 0.2) is 6.61 Å². The van der Waals surface area contributed by atoms with Gasteiger partial charge < -0.3 is 10.1 Å². The second-order valence-electron chi connectivity index (χ2n) is 5.92. The van der Waals surface area contributed by atoms with E-state index in [1.807, 2.05) is 0 Å². The fraction of sp³-hybridized carbons (Fsp3) is 0.111. The summed E-state index contributed by atoms with van der Waals surface area (Å²) in [6.45, 7) is -1.40. The molecule has 0 spiro atoms. The molecule has 30 heavy (non-hydrogen) atoms. The van der Waals surface area contributed by atoms with E-state index in [0.29, 0.717) is 15.6 Å². The average molecular weight is 511 g/mol. The van der Waals surface area contributed by atoms with E-state index in [1.165, 1.54) is 0 Å². The number of benzene rings is 2. The largest absolute Gasteiger partial charge is 0.454 e. The van der Waals surface area contributed by atoms with Gasteiger partial charge in [-0.05, 0) is 24.3 Å². The van der Waals surface area contributed by atoms with Crippen LogP contribution in [-0.2, 0) is 14.3 Å². The van der Waals surface area contributed by atoms with Crippen molar-refractivity contribution in [3.63, 3.8) is 0 Å². The van der Waals surface area contributed by atoms with Gasteiger partial charge in [-0.2, -0.15) is 0 Å². The van der Waals surface area contributed by atoms with Crippen molar-refractivity contribution in [1.29, 1.82) is 0 Å². The summed E-state index contributed by atoms with van der Waals surface area (Å²) in [6, 6.07) is 6.26. The van der Waals surface area contributed by atoms with Crippen molar-refractivity contribution in [1.82, 2.24) is 4.90 Å². The van der Waals surface area contributed by atoms with E-state index in [2.05, 4.69) is 5.32 Å². The fourth-order valence-electron chi connectivity index (χ4n) is 2.59. The van der Waals surface area contributed by atoms with Crippen molar-refractivity contribution in [3.05, 3.63) is 60.5 Å². The van der Waals surface area contributed by atoms with Gasteiger partial charge in [-0.1, -0.05) is 58.0 Å². The molecule has 0 saturated carbocycles. The van der Waals surface area contributed by atoms with Crippen LogP contribution in [0.3, 0.4) is 0 Å². The molecule has 0 saturated heterocycles. The molecule has 1 N–H and O–H groups in total. The fourth-order valence-corrected chi connectivity index (χ4v) is 3.73. The molecule has 0 atom stereocenters. The summed E-state index contributed by atoms with van der Waals surface area (Å²) in [5.41, 5.74) is -0.0671. The number of carbonyl (C=O) groups excluding carboxylic acids is 4. The Balaban J connectivity index is 1.64. The third-order valence-corrected chi connectivity index (χ3v) is 6.02. The smallest absolute Gasteiger partial charge is 0.326 e. The van der Waals surface area contributed by atoms with E-state index in [1.54, 1.807) is 24.3 Å². The lowest BCUT2D eigenvalue weighted by Gasteiger charge is -2.13. The number of amides is 3. The van der Waals surface area contributed by atoms with Crippen molar-refractivity contribution >= 4 is 87.4 Å². The molecular weight excluding hydrogens is 501 g/mol. The van der Waals surface area contributed by atoms with E-state index in [-0.39, 0.29) is 31.2 Å². The molecule has 0 unspecified atom stereocenters. The Hall–Kier alpha value is -2.03. The number of carbonyl (C=O) groups is 4. The zero-order valence-electron chi connectivity index (χ0n) is 14.6. The number of nitrogens with one attached hydrogen (secondary N) is 1. The Kier molecular flexibility index (Phi) is 6.79. The minimum absolute atomic E-state index is 0.188. The summed E-state index contributed by atoms with van der Waals surface area (Å²) in [5.74, 6) is -3.40. The Morgan fingerprint density at radius 3 is 1.83 bits per heavy atom. The Morgan fingerprint density at radius 2 is 1.33 bits per heavy atom. The summed E-state index contributed by atoms with van der Waals surface area (Å²) in [6.07, 6.45) is 0. The lowest BCUT2D eigenvalue weighted by Crippen LogP contribution is -2.36. The SMILES string of the molecule is O=C(COC(=O)CN1C(=O)c2c(Cl)c(Cl)c(Cl)c(Cl)c2C1=O)Nc1ccc(Cl)cc1. The number of rotatable bonds is 5. The number of halogens is 5. The van der Waals surface area contributed by atoms with Crippen molar-refractivity contribution in [2.75, 3.05) is 18.5 Å². The maximum atomic E-state index is 12.5. The lowest BCUT2D eigenvalue weighted by atomic mass is 10.1. The summed E-state index contributed by atoms with van der Waals surface area (Å²) in [7, 11) is 0. The van der Waals surface area contributed by atoms with E-state index >= 15 is 0 Å². The van der Waals surface area contributed by atoms with Gasteiger partial charge in [-0.25, -0.2) is 0 Å². The number of nitrogens with zero attached hydrogens (tertiary/aromatic N) is 1. The topological polar surface area (TPSA) is 92.8 Å². The molecule has 1 heterocycles. The second kappa shape index (κ2) is 8.99. The van der Waals surface area contributed by atoms with Crippen LogP contribution in [0.4, 0.5) is 5.69 Å². The zero-order chi connectivity index (χ0) is 22.2. The minimum atomic E-state index is -1.000. The van der Waals surface area contributed by atoms with Crippen LogP contribution in [-0.4, -0.2) is 41.7 Å². The molecule has 7 nitrogen and oxygen atoms in total. The van der Waals surface area contributed by atoms with E-state index in [9.17, 15) is 19.2 Å². The number of anilines is 1. The highest BCUT2D eigenvalue weighted by Gasteiger charge is 2.42. The number of esters is 1. The van der Waals surface area contributed by atoms with Gasteiger partial charge in [0.2, 0.25) is 0 Å². The highest BCUT2D eigenvalue weighted by atomic mass is 35.5. The zero-order valence-corrected chi connectivity index (χ0v) is 18.4. The molecular formula is C18H9Cl5N2O5. The molecule has 12 heteroatoms. The number of ether oxygens (including phenoxy) is 1. The van der Waals surface area contributed by atoms with Crippen LogP contribution < -0.4 is 5.32 Å². The molecule has 0 aromatic heterocycles. The van der Waals surface area contributed by atoms with Crippen LogP contribution in [0.5, 0.6) is 0 Å². The summed E-state index contributed by atoms with van der Waals surface area (Å²) >= 11 is 29.6. The summed E-state index contributed by atoms with van der Waals surface area (Å²) < 4.78 is 4.82. The van der Waals surface area contributed by atoms with Gasteiger partial charge in [0, 0.05) is 10.7 Å². The van der Waals surface area contributed by atoms with Crippen molar-refractivity contribution in [3.8, 4) is 0 Å². The van der Waals surface area contributed by atoms with Gasteiger partial charge in [0.25, 0.3) is 17.7 Å². The number of fused-ring (bicyclic) bond motifs is 1. The molecule has 0 radical (unpaired) electrons. The predicted molar refractivity (Wildman–Crippen MR) is 113 cm³/mol. The van der Waals surface area contributed by atoms with Crippen molar-refractivity contribution in [2.45, 2.75) is 0 Å². The standard InChI is InChI=1S/C18H9Cl5N2O5/c19-7-1-3-8(4-2-7)24-9(26)6-30-10(27)5-25-17(28)11-12(18(25)29)14(21)16(23)15(22)13(11)20/h1-4H,5-6H2,(H,24,26). The van der Waals surface area contributed by atoms with Gasteiger partial charge in [-0.15, -0.1) is 0 Å². The number of hydrogen-bond acceptors (Lipinski definition) is 5. The molecule has 1 aliphatic heterocycles. The molecule has 2 aromatic rings. The van der Waals surface area contributed by atoms with Crippen molar-refractivity contribution < 1.29 is 23.9 Å². The van der Waals surface area contributed by atoms with E-state index < -0.39 is 36.8 Å². The molecule has 2 aromatic carbocycles. The first kappa shape index (κ1) is 22.7. The Labute approximate surface area is 194 Å². The minimum Gasteiger partial charge on any atom is -0.454 e. The van der Waals surface area contributed by atoms with Gasteiger partial charge in [0.1, 0.15) is 6.54 Å². The number of hydrogen-bond donors (Lipinski definition) is 1. The molecule has 156 valence electrons. The number of imide groups is 1.